The van der Waals surface area contributed by atoms with Gasteiger partial charge in [0.1, 0.15) is 11.6 Å². The zero-order chi connectivity index (χ0) is 18.5. The first kappa shape index (κ1) is 21.6. The molecule has 0 radical (unpaired) electrons. The van der Waals surface area contributed by atoms with Crippen molar-refractivity contribution in [2.45, 2.75) is 89.9 Å². The normalized spacial score (nSPS) is 19.5. The molecule has 0 unspecified atom stereocenters. The van der Waals surface area contributed by atoms with E-state index in [2.05, 4.69) is 9.80 Å². The minimum absolute atomic E-state index is 0.426. The molecule has 4 nitrogen and oxygen atoms in total. The Bertz CT molecular complexity index is 361. The molecule has 0 saturated carbocycles. The van der Waals surface area contributed by atoms with Crippen molar-refractivity contribution in [3.8, 4) is 0 Å². The van der Waals surface area contributed by atoms with Crippen molar-refractivity contribution >= 4 is 11.6 Å². The Kier molecular flexibility index (Phi) is 11.1. The first-order valence-electron chi connectivity index (χ1n) is 11.2. The minimum atomic E-state index is 0.426. The van der Waals surface area contributed by atoms with Crippen molar-refractivity contribution in [2.24, 2.45) is 0 Å². The maximum Gasteiger partial charge on any atom is 0.146 e. The van der Waals surface area contributed by atoms with Crippen LogP contribution in [0.4, 0.5) is 0 Å². The molecule has 0 aromatic rings. The highest BCUT2D eigenvalue weighted by Gasteiger charge is 2.14. The molecule has 150 valence electrons. The zero-order valence-corrected chi connectivity index (χ0v) is 16.9. The molecule has 0 N–H and O–H groups in total. The van der Waals surface area contributed by atoms with Crippen LogP contribution in [-0.2, 0) is 9.59 Å². The van der Waals surface area contributed by atoms with Crippen molar-refractivity contribution in [1.82, 2.24) is 9.80 Å². The Labute approximate surface area is 160 Å². The predicted molar refractivity (Wildman–Crippen MR) is 108 cm³/mol. The minimum Gasteiger partial charge on any atom is -0.298 e. The van der Waals surface area contributed by atoms with Gasteiger partial charge in [0.15, 0.2) is 0 Å². The standard InChI is InChI=1S/C22H40N2O2/c25-21(19-23-15-9-5-10-16-23)13-7-3-1-2-4-8-14-22(26)20-24-17-11-6-12-18-24/h1-20H2. The summed E-state index contributed by atoms with van der Waals surface area (Å²) in [5, 5.41) is 0. The molecule has 0 amide bonds. The Morgan fingerprint density at radius 1 is 0.500 bits per heavy atom. The first-order chi connectivity index (χ1) is 12.7. The number of hydrogen-bond donors (Lipinski definition) is 0. The van der Waals surface area contributed by atoms with Crippen LogP contribution in [-0.4, -0.2) is 60.6 Å². The van der Waals surface area contributed by atoms with E-state index in [4.69, 9.17) is 0 Å². The van der Waals surface area contributed by atoms with E-state index in [9.17, 15) is 9.59 Å². The van der Waals surface area contributed by atoms with Gasteiger partial charge in [-0.15, -0.1) is 0 Å². The molecule has 2 fully saturated rings. The van der Waals surface area contributed by atoms with E-state index in [0.717, 1.165) is 64.7 Å². The van der Waals surface area contributed by atoms with Gasteiger partial charge in [-0.1, -0.05) is 38.5 Å². The summed E-state index contributed by atoms with van der Waals surface area (Å²) in [6.07, 6.45) is 16.0. The van der Waals surface area contributed by atoms with Gasteiger partial charge in [0.05, 0.1) is 13.1 Å². The third-order valence-corrected chi connectivity index (χ3v) is 5.86. The maximum absolute atomic E-state index is 12.0. The van der Waals surface area contributed by atoms with Crippen molar-refractivity contribution in [3.63, 3.8) is 0 Å². The summed E-state index contributed by atoms with van der Waals surface area (Å²) >= 11 is 0. The van der Waals surface area contributed by atoms with Crippen molar-refractivity contribution in [2.75, 3.05) is 39.3 Å². The van der Waals surface area contributed by atoms with Crippen molar-refractivity contribution < 1.29 is 9.59 Å². The van der Waals surface area contributed by atoms with Crippen LogP contribution in [0.5, 0.6) is 0 Å². The Balaban J connectivity index is 1.36. The monoisotopic (exact) mass is 364 g/mol. The van der Waals surface area contributed by atoms with E-state index in [-0.39, 0.29) is 0 Å². The second-order valence-corrected chi connectivity index (χ2v) is 8.37. The average Bonchev–Trinajstić information content (AvgIpc) is 2.65. The Morgan fingerprint density at radius 3 is 1.23 bits per heavy atom. The molecule has 0 bridgehead atoms. The number of likely N-dealkylation sites (tertiary alicyclic amines) is 2. The smallest absolute Gasteiger partial charge is 0.146 e. The summed E-state index contributed by atoms with van der Waals surface area (Å²) in [5.41, 5.74) is 0. The third-order valence-electron chi connectivity index (χ3n) is 5.86. The van der Waals surface area contributed by atoms with E-state index in [1.165, 1.54) is 51.4 Å². The number of nitrogens with zero attached hydrogens (tertiary/aromatic N) is 2. The summed E-state index contributed by atoms with van der Waals surface area (Å²) in [6.45, 7) is 5.81. The van der Waals surface area contributed by atoms with Crippen LogP contribution in [0, 0.1) is 0 Å². The van der Waals surface area contributed by atoms with Crippen LogP contribution >= 0.6 is 0 Å². The van der Waals surface area contributed by atoms with Crippen LogP contribution in [0.2, 0.25) is 0 Å². The molecule has 0 spiro atoms. The molecule has 0 aromatic heterocycles. The van der Waals surface area contributed by atoms with E-state index in [1.54, 1.807) is 0 Å². The number of unbranched alkanes of at least 4 members (excludes halogenated alkanes) is 5. The number of rotatable bonds is 13. The Morgan fingerprint density at radius 2 is 0.846 bits per heavy atom. The lowest BCUT2D eigenvalue weighted by molar-refractivity contribution is -0.121. The quantitative estimate of drug-likeness (QED) is 0.459. The summed E-state index contributed by atoms with van der Waals surface area (Å²) < 4.78 is 0. The molecular formula is C22H40N2O2. The second kappa shape index (κ2) is 13.4. The van der Waals surface area contributed by atoms with Crippen LogP contribution in [0.3, 0.4) is 0 Å². The van der Waals surface area contributed by atoms with Gasteiger partial charge in [0.25, 0.3) is 0 Å². The molecule has 2 aliphatic rings. The van der Waals surface area contributed by atoms with E-state index >= 15 is 0 Å². The number of hydrogen-bond acceptors (Lipinski definition) is 4. The molecule has 2 heterocycles. The topological polar surface area (TPSA) is 40.6 Å². The highest BCUT2D eigenvalue weighted by atomic mass is 16.1. The van der Waals surface area contributed by atoms with Crippen LogP contribution in [0.15, 0.2) is 0 Å². The molecule has 2 saturated heterocycles. The first-order valence-corrected chi connectivity index (χ1v) is 11.2. The van der Waals surface area contributed by atoms with Crippen LogP contribution in [0.25, 0.3) is 0 Å². The number of piperidine rings is 2. The van der Waals surface area contributed by atoms with Gasteiger partial charge in [0.2, 0.25) is 0 Å². The Hall–Kier alpha value is -0.740. The van der Waals surface area contributed by atoms with Gasteiger partial charge in [-0.25, -0.2) is 0 Å². The fraction of sp³-hybridized carbons (Fsp3) is 0.909. The lowest BCUT2D eigenvalue weighted by Gasteiger charge is -2.25. The highest BCUT2D eigenvalue weighted by molar-refractivity contribution is 5.80. The largest absolute Gasteiger partial charge is 0.298 e. The third kappa shape index (κ3) is 9.82. The molecular weight excluding hydrogens is 324 g/mol. The SMILES string of the molecule is O=C(CCCCCCCCC(=O)CN1CCCCC1)CN1CCCCC1. The van der Waals surface area contributed by atoms with E-state index in [0.29, 0.717) is 24.7 Å². The molecule has 2 rings (SSSR count). The van der Waals surface area contributed by atoms with Gasteiger partial charge in [0, 0.05) is 12.8 Å². The fourth-order valence-electron chi connectivity index (χ4n) is 4.24. The summed E-state index contributed by atoms with van der Waals surface area (Å²) in [4.78, 5) is 28.7. The molecule has 4 heteroatoms. The predicted octanol–water partition coefficient (Wildman–Crippen LogP) is 4.22. The van der Waals surface area contributed by atoms with Gasteiger partial charge < -0.3 is 0 Å². The number of ketones is 2. The van der Waals surface area contributed by atoms with Gasteiger partial charge >= 0.3 is 0 Å². The van der Waals surface area contributed by atoms with Gasteiger partial charge in [-0.2, -0.15) is 0 Å². The lowest BCUT2D eigenvalue weighted by Crippen LogP contribution is -2.34. The average molecular weight is 365 g/mol. The second-order valence-electron chi connectivity index (χ2n) is 8.37. The molecule has 0 atom stereocenters. The number of carbonyl (C=O) groups excluding carboxylic acids is 2. The van der Waals surface area contributed by atoms with Gasteiger partial charge in [-0.3, -0.25) is 19.4 Å². The van der Waals surface area contributed by atoms with Crippen LogP contribution in [0.1, 0.15) is 89.9 Å². The summed E-state index contributed by atoms with van der Waals surface area (Å²) in [7, 11) is 0. The molecule has 0 aliphatic carbocycles. The molecule has 26 heavy (non-hydrogen) atoms. The van der Waals surface area contributed by atoms with E-state index in [1.807, 2.05) is 0 Å². The van der Waals surface area contributed by atoms with Crippen molar-refractivity contribution in [3.05, 3.63) is 0 Å². The summed E-state index contributed by atoms with van der Waals surface area (Å²) in [6, 6.07) is 0. The van der Waals surface area contributed by atoms with Gasteiger partial charge in [-0.05, 0) is 64.7 Å². The summed E-state index contributed by atoms with van der Waals surface area (Å²) in [5.74, 6) is 0.852. The molecule has 0 aromatic carbocycles. The maximum atomic E-state index is 12.0. The van der Waals surface area contributed by atoms with Crippen molar-refractivity contribution in [1.29, 1.82) is 0 Å². The lowest BCUT2D eigenvalue weighted by atomic mass is 10.0. The fourth-order valence-corrected chi connectivity index (χ4v) is 4.24. The van der Waals surface area contributed by atoms with E-state index < -0.39 is 0 Å². The zero-order valence-electron chi connectivity index (χ0n) is 16.9. The van der Waals surface area contributed by atoms with Crippen LogP contribution < -0.4 is 0 Å². The number of carbonyl (C=O) groups is 2. The number of Topliss-reactive ketones (excluding diaryl/α,β-unsaturated/α-hetero) is 2. The highest BCUT2D eigenvalue weighted by Crippen LogP contribution is 2.12. The molecule has 2 aliphatic heterocycles.